The molecule has 0 radical (unpaired) electrons. The Morgan fingerprint density at radius 3 is 2.95 bits per heavy atom. The van der Waals surface area contributed by atoms with Crippen LogP contribution in [0, 0.1) is 0 Å². The van der Waals surface area contributed by atoms with Crippen molar-refractivity contribution in [3.8, 4) is 11.3 Å². The number of nitrogens with zero attached hydrogens (tertiary/aromatic N) is 3. The van der Waals surface area contributed by atoms with Crippen molar-refractivity contribution in [3.05, 3.63) is 42.6 Å². The normalized spacial score (nSPS) is 11.0. The molecule has 0 saturated heterocycles. The highest BCUT2D eigenvalue weighted by Gasteiger charge is 2.07. The number of aliphatic hydroxyl groups excluding tert-OH is 1. The fraction of sp³-hybridized carbons (Fsp3) is 0.143. The van der Waals surface area contributed by atoms with Crippen LogP contribution in [0.15, 0.2) is 42.6 Å². The fourth-order valence-electron chi connectivity index (χ4n) is 2.08. The molecule has 0 spiro atoms. The summed E-state index contributed by atoms with van der Waals surface area (Å²) in [4.78, 5) is 4.28. The first-order valence-corrected chi connectivity index (χ1v) is 6.07. The molecule has 0 saturated carbocycles. The van der Waals surface area contributed by atoms with Crippen molar-refractivity contribution in [2.24, 2.45) is 0 Å². The second-order valence-corrected chi connectivity index (χ2v) is 4.31. The molecule has 3 N–H and O–H groups in total. The topological polar surface area (TPSA) is 77.0 Å². The third kappa shape index (κ3) is 2.15. The third-order valence-corrected chi connectivity index (χ3v) is 3.02. The van der Waals surface area contributed by atoms with E-state index in [9.17, 15) is 0 Å². The van der Waals surface area contributed by atoms with E-state index in [2.05, 4.69) is 10.1 Å². The smallest absolute Gasteiger partial charge is 0.122 e. The largest absolute Gasteiger partial charge is 0.394 e. The molecule has 0 aliphatic heterocycles. The molecule has 2 aromatic heterocycles. The maximum absolute atomic E-state index is 8.94. The van der Waals surface area contributed by atoms with E-state index < -0.39 is 0 Å². The van der Waals surface area contributed by atoms with Crippen LogP contribution in [-0.2, 0) is 6.54 Å². The molecule has 5 heteroatoms. The van der Waals surface area contributed by atoms with Crippen molar-refractivity contribution in [1.82, 2.24) is 14.8 Å². The minimum absolute atomic E-state index is 0.0208. The molecule has 2 heterocycles. The van der Waals surface area contributed by atoms with E-state index in [1.807, 2.05) is 36.4 Å². The predicted octanol–water partition coefficient (Wildman–Crippen LogP) is 1.67. The van der Waals surface area contributed by atoms with Gasteiger partial charge in [-0.05, 0) is 18.2 Å². The van der Waals surface area contributed by atoms with Crippen LogP contribution in [0.3, 0.4) is 0 Å². The number of aliphatic hydroxyl groups is 1. The number of pyridine rings is 1. The van der Waals surface area contributed by atoms with Crippen LogP contribution >= 0.6 is 0 Å². The summed E-state index contributed by atoms with van der Waals surface area (Å²) in [6.07, 6.45) is 1.77. The lowest BCUT2D eigenvalue weighted by molar-refractivity contribution is 0.270. The Balaban J connectivity index is 2.06. The maximum Gasteiger partial charge on any atom is 0.122 e. The number of hydrogen-bond donors (Lipinski definition) is 2. The summed E-state index contributed by atoms with van der Waals surface area (Å²) < 4.78 is 1.60. The van der Waals surface area contributed by atoms with E-state index in [0.29, 0.717) is 12.4 Å². The molecule has 19 heavy (non-hydrogen) atoms. The summed E-state index contributed by atoms with van der Waals surface area (Å²) in [6, 6.07) is 11.7. The minimum atomic E-state index is 0.0208. The van der Waals surface area contributed by atoms with Gasteiger partial charge in [0.05, 0.1) is 24.4 Å². The number of fused-ring (bicyclic) bond motifs is 1. The molecule has 1 aromatic carbocycles. The highest BCUT2D eigenvalue weighted by atomic mass is 16.3. The predicted molar refractivity (Wildman–Crippen MR) is 74.5 cm³/mol. The van der Waals surface area contributed by atoms with Crippen LogP contribution in [-0.4, -0.2) is 26.5 Å². The first-order valence-electron chi connectivity index (χ1n) is 6.07. The summed E-state index contributed by atoms with van der Waals surface area (Å²) in [6.45, 7) is 0.425. The zero-order valence-electron chi connectivity index (χ0n) is 10.3. The second kappa shape index (κ2) is 4.70. The Morgan fingerprint density at radius 1 is 1.21 bits per heavy atom. The van der Waals surface area contributed by atoms with Gasteiger partial charge in [0.1, 0.15) is 5.82 Å². The first kappa shape index (κ1) is 11.7. The second-order valence-electron chi connectivity index (χ2n) is 4.31. The SMILES string of the molecule is Nc1cc(-c2ccc3ncccc3c2)nn1CCO. The van der Waals surface area contributed by atoms with Crippen LogP contribution in [0.25, 0.3) is 22.2 Å². The number of nitrogens with two attached hydrogens (primary N) is 1. The van der Waals surface area contributed by atoms with Gasteiger partial charge < -0.3 is 10.8 Å². The third-order valence-electron chi connectivity index (χ3n) is 3.02. The highest BCUT2D eigenvalue weighted by molar-refractivity contribution is 5.83. The monoisotopic (exact) mass is 254 g/mol. The zero-order valence-corrected chi connectivity index (χ0v) is 10.3. The lowest BCUT2D eigenvalue weighted by atomic mass is 10.1. The number of benzene rings is 1. The van der Waals surface area contributed by atoms with Crippen LogP contribution in [0.1, 0.15) is 0 Å². The Kier molecular flexibility index (Phi) is 2.89. The fourth-order valence-corrected chi connectivity index (χ4v) is 2.08. The lowest BCUT2D eigenvalue weighted by Crippen LogP contribution is -2.07. The van der Waals surface area contributed by atoms with Gasteiger partial charge in [-0.1, -0.05) is 12.1 Å². The molecule has 0 aliphatic carbocycles. The van der Waals surface area contributed by atoms with Crippen LogP contribution < -0.4 is 5.73 Å². The Labute approximate surface area is 110 Å². The van der Waals surface area contributed by atoms with Crippen molar-refractivity contribution >= 4 is 16.7 Å². The van der Waals surface area contributed by atoms with Crippen molar-refractivity contribution in [3.63, 3.8) is 0 Å². The Morgan fingerprint density at radius 2 is 2.11 bits per heavy atom. The van der Waals surface area contributed by atoms with E-state index >= 15 is 0 Å². The van der Waals surface area contributed by atoms with Crippen molar-refractivity contribution in [1.29, 1.82) is 0 Å². The van der Waals surface area contributed by atoms with Crippen LogP contribution in [0.2, 0.25) is 0 Å². The lowest BCUT2D eigenvalue weighted by Gasteiger charge is -2.01. The van der Waals surface area contributed by atoms with Gasteiger partial charge in [-0.3, -0.25) is 4.98 Å². The van der Waals surface area contributed by atoms with Gasteiger partial charge in [-0.25, -0.2) is 4.68 Å². The van der Waals surface area contributed by atoms with Gasteiger partial charge in [0, 0.05) is 23.2 Å². The van der Waals surface area contributed by atoms with E-state index in [0.717, 1.165) is 22.2 Å². The van der Waals surface area contributed by atoms with Gasteiger partial charge in [0.15, 0.2) is 0 Å². The van der Waals surface area contributed by atoms with Gasteiger partial charge in [0.2, 0.25) is 0 Å². The van der Waals surface area contributed by atoms with E-state index in [1.54, 1.807) is 10.9 Å². The minimum Gasteiger partial charge on any atom is -0.394 e. The van der Waals surface area contributed by atoms with Crippen LogP contribution in [0.5, 0.6) is 0 Å². The summed E-state index contributed by atoms with van der Waals surface area (Å²) in [5.74, 6) is 0.551. The average Bonchev–Trinajstić information content (AvgIpc) is 2.80. The summed E-state index contributed by atoms with van der Waals surface area (Å²) in [7, 11) is 0. The molecule has 5 nitrogen and oxygen atoms in total. The Bertz CT molecular complexity index is 720. The standard InChI is InChI=1S/C14H14N4O/c15-14-9-13(17-18(14)6-7-19)11-3-4-12-10(8-11)2-1-5-16-12/h1-5,8-9,19H,6-7,15H2. The van der Waals surface area contributed by atoms with Crippen LogP contribution in [0.4, 0.5) is 5.82 Å². The van der Waals surface area contributed by atoms with E-state index in [-0.39, 0.29) is 6.61 Å². The van der Waals surface area contributed by atoms with Gasteiger partial charge in [0.25, 0.3) is 0 Å². The molecule has 0 atom stereocenters. The summed E-state index contributed by atoms with van der Waals surface area (Å²) in [5, 5.41) is 14.4. The molecule has 3 aromatic rings. The molecular weight excluding hydrogens is 240 g/mol. The summed E-state index contributed by atoms with van der Waals surface area (Å²) >= 11 is 0. The number of aromatic nitrogens is 3. The number of rotatable bonds is 3. The van der Waals surface area contributed by atoms with Crippen molar-refractivity contribution in [2.75, 3.05) is 12.3 Å². The molecular formula is C14H14N4O. The molecule has 0 fully saturated rings. The molecule has 0 bridgehead atoms. The molecule has 3 rings (SSSR count). The van der Waals surface area contributed by atoms with Gasteiger partial charge in [-0.15, -0.1) is 0 Å². The molecule has 0 amide bonds. The molecule has 96 valence electrons. The maximum atomic E-state index is 8.94. The number of hydrogen-bond acceptors (Lipinski definition) is 4. The Hall–Kier alpha value is -2.40. The highest BCUT2D eigenvalue weighted by Crippen LogP contribution is 2.24. The van der Waals surface area contributed by atoms with E-state index in [1.165, 1.54) is 0 Å². The van der Waals surface area contributed by atoms with Gasteiger partial charge in [-0.2, -0.15) is 5.10 Å². The van der Waals surface area contributed by atoms with Gasteiger partial charge >= 0.3 is 0 Å². The molecule has 0 aliphatic rings. The van der Waals surface area contributed by atoms with Crippen molar-refractivity contribution < 1.29 is 5.11 Å². The first-order chi connectivity index (χ1) is 9.28. The number of nitrogen functional groups attached to an aromatic ring is 1. The average molecular weight is 254 g/mol. The molecule has 0 unspecified atom stereocenters. The van der Waals surface area contributed by atoms with Crippen molar-refractivity contribution in [2.45, 2.75) is 6.54 Å². The summed E-state index contributed by atoms with van der Waals surface area (Å²) in [5.41, 5.74) is 8.60. The zero-order chi connectivity index (χ0) is 13.2. The number of anilines is 1. The van der Waals surface area contributed by atoms with E-state index in [4.69, 9.17) is 10.8 Å². The quantitative estimate of drug-likeness (QED) is 0.745.